The van der Waals surface area contributed by atoms with Crippen molar-refractivity contribution in [1.29, 1.82) is 0 Å². The fourth-order valence-electron chi connectivity index (χ4n) is 2.08. The number of aliphatic hydroxyl groups is 1. The van der Waals surface area contributed by atoms with E-state index in [0.29, 0.717) is 5.92 Å². The van der Waals surface area contributed by atoms with Crippen molar-refractivity contribution < 1.29 is 9.90 Å². The molecule has 0 radical (unpaired) electrons. The van der Waals surface area contributed by atoms with Gasteiger partial charge in [-0.05, 0) is 25.2 Å². The standard InChI is InChI=1S/C14H26O2/c1-6-11(7-2)13(15)9-14(16)12(8-3)10(4)5/h9-12,15H,6-8H2,1-5H3/b13-9-. The van der Waals surface area contributed by atoms with Gasteiger partial charge in [0.05, 0.1) is 5.76 Å². The van der Waals surface area contributed by atoms with Gasteiger partial charge in [0.2, 0.25) is 0 Å². The predicted octanol–water partition coefficient (Wildman–Crippen LogP) is 4.12. The number of hydrogen-bond acceptors (Lipinski definition) is 2. The van der Waals surface area contributed by atoms with Crippen LogP contribution in [0.5, 0.6) is 0 Å². The topological polar surface area (TPSA) is 37.3 Å². The van der Waals surface area contributed by atoms with Crippen LogP contribution in [0.3, 0.4) is 0 Å². The molecule has 0 heterocycles. The second-order valence-electron chi connectivity index (χ2n) is 4.74. The molecule has 0 amide bonds. The normalized spacial score (nSPS) is 14.6. The number of carbonyl (C=O) groups excluding carboxylic acids is 1. The predicted molar refractivity (Wildman–Crippen MR) is 68.4 cm³/mol. The van der Waals surface area contributed by atoms with Crippen LogP contribution in [0.15, 0.2) is 11.8 Å². The van der Waals surface area contributed by atoms with E-state index in [2.05, 4.69) is 0 Å². The number of rotatable bonds is 7. The highest BCUT2D eigenvalue weighted by molar-refractivity contribution is 5.92. The second-order valence-corrected chi connectivity index (χ2v) is 4.74. The van der Waals surface area contributed by atoms with Gasteiger partial charge in [0.1, 0.15) is 0 Å². The molecule has 16 heavy (non-hydrogen) atoms. The summed E-state index contributed by atoms with van der Waals surface area (Å²) >= 11 is 0. The van der Waals surface area contributed by atoms with Crippen LogP contribution in [0.2, 0.25) is 0 Å². The fraction of sp³-hybridized carbons (Fsp3) is 0.786. The Labute approximate surface area is 99.7 Å². The van der Waals surface area contributed by atoms with Crippen molar-refractivity contribution in [3.63, 3.8) is 0 Å². The summed E-state index contributed by atoms with van der Waals surface area (Å²) in [6.45, 7) is 10.2. The Bertz CT molecular complexity index is 237. The van der Waals surface area contributed by atoms with E-state index in [1.165, 1.54) is 6.08 Å². The lowest BCUT2D eigenvalue weighted by Crippen LogP contribution is -2.18. The Morgan fingerprint density at radius 1 is 1.12 bits per heavy atom. The van der Waals surface area contributed by atoms with E-state index >= 15 is 0 Å². The Morgan fingerprint density at radius 3 is 1.94 bits per heavy atom. The highest BCUT2D eigenvalue weighted by Gasteiger charge is 2.20. The van der Waals surface area contributed by atoms with E-state index in [4.69, 9.17) is 0 Å². The SMILES string of the molecule is CCC(CC)/C(O)=C/C(=O)C(CC)C(C)C. The maximum atomic E-state index is 11.9. The summed E-state index contributed by atoms with van der Waals surface area (Å²) in [5.74, 6) is 0.837. The number of aliphatic hydroxyl groups excluding tert-OH is 1. The van der Waals surface area contributed by atoms with Gasteiger partial charge in [-0.2, -0.15) is 0 Å². The molecular weight excluding hydrogens is 200 g/mol. The Balaban J connectivity index is 4.67. The van der Waals surface area contributed by atoms with Gasteiger partial charge in [0.25, 0.3) is 0 Å². The van der Waals surface area contributed by atoms with Crippen LogP contribution in [0.25, 0.3) is 0 Å². The summed E-state index contributed by atoms with van der Waals surface area (Å²) in [4.78, 5) is 11.9. The molecule has 0 spiro atoms. The van der Waals surface area contributed by atoms with Crippen LogP contribution in [0.4, 0.5) is 0 Å². The molecule has 0 saturated carbocycles. The number of carbonyl (C=O) groups is 1. The van der Waals surface area contributed by atoms with Crippen molar-refractivity contribution in [2.75, 3.05) is 0 Å². The van der Waals surface area contributed by atoms with Gasteiger partial charge in [-0.3, -0.25) is 4.79 Å². The largest absolute Gasteiger partial charge is 0.512 e. The molecule has 2 nitrogen and oxygen atoms in total. The zero-order valence-corrected chi connectivity index (χ0v) is 11.3. The van der Waals surface area contributed by atoms with Gasteiger partial charge in [-0.25, -0.2) is 0 Å². The molecule has 0 aromatic carbocycles. The lowest BCUT2D eigenvalue weighted by Gasteiger charge is -2.17. The van der Waals surface area contributed by atoms with E-state index < -0.39 is 0 Å². The van der Waals surface area contributed by atoms with Crippen molar-refractivity contribution in [2.45, 2.75) is 53.9 Å². The van der Waals surface area contributed by atoms with Gasteiger partial charge in [0.15, 0.2) is 5.78 Å². The monoisotopic (exact) mass is 226 g/mol. The van der Waals surface area contributed by atoms with Crippen LogP contribution in [0.1, 0.15) is 53.9 Å². The van der Waals surface area contributed by atoms with Crippen LogP contribution in [-0.2, 0) is 4.79 Å². The van der Waals surface area contributed by atoms with E-state index in [1.807, 2.05) is 34.6 Å². The van der Waals surface area contributed by atoms with E-state index in [0.717, 1.165) is 19.3 Å². The first-order valence-electron chi connectivity index (χ1n) is 6.42. The first kappa shape index (κ1) is 15.2. The van der Waals surface area contributed by atoms with Crippen LogP contribution < -0.4 is 0 Å². The summed E-state index contributed by atoms with van der Waals surface area (Å²) in [5, 5.41) is 9.85. The number of ketones is 1. The smallest absolute Gasteiger partial charge is 0.162 e. The van der Waals surface area contributed by atoms with E-state index in [9.17, 15) is 9.90 Å². The molecule has 0 rings (SSSR count). The van der Waals surface area contributed by atoms with Gasteiger partial charge >= 0.3 is 0 Å². The van der Waals surface area contributed by atoms with Crippen LogP contribution >= 0.6 is 0 Å². The third-order valence-corrected chi connectivity index (χ3v) is 3.30. The Kier molecular flexibility index (Phi) is 7.11. The van der Waals surface area contributed by atoms with Crippen molar-refractivity contribution in [2.24, 2.45) is 17.8 Å². The lowest BCUT2D eigenvalue weighted by atomic mass is 9.88. The molecule has 1 atom stereocenters. The lowest BCUT2D eigenvalue weighted by molar-refractivity contribution is -0.119. The summed E-state index contributed by atoms with van der Waals surface area (Å²) < 4.78 is 0. The van der Waals surface area contributed by atoms with Crippen molar-refractivity contribution in [3.8, 4) is 0 Å². The van der Waals surface area contributed by atoms with Gasteiger partial charge in [-0.15, -0.1) is 0 Å². The molecule has 0 aromatic rings. The summed E-state index contributed by atoms with van der Waals surface area (Å²) in [7, 11) is 0. The third-order valence-electron chi connectivity index (χ3n) is 3.30. The van der Waals surface area contributed by atoms with Crippen molar-refractivity contribution >= 4 is 5.78 Å². The zero-order chi connectivity index (χ0) is 12.7. The minimum atomic E-state index is 0.0384. The summed E-state index contributed by atoms with van der Waals surface area (Å²) in [6, 6.07) is 0. The number of hydrogen-bond donors (Lipinski definition) is 1. The molecule has 2 heteroatoms. The molecular formula is C14H26O2. The first-order valence-corrected chi connectivity index (χ1v) is 6.42. The third kappa shape index (κ3) is 4.38. The van der Waals surface area contributed by atoms with E-state index in [-0.39, 0.29) is 23.4 Å². The Morgan fingerprint density at radius 2 is 1.62 bits per heavy atom. The molecule has 0 aliphatic carbocycles. The van der Waals surface area contributed by atoms with Crippen molar-refractivity contribution in [1.82, 2.24) is 0 Å². The molecule has 0 saturated heterocycles. The van der Waals surface area contributed by atoms with Gasteiger partial charge in [0, 0.05) is 17.9 Å². The second kappa shape index (κ2) is 7.48. The van der Waals surface area contributed by atoms with Crippen molar-refractivity contribution in [3.05, 3.63) is 11.8 Å². The molecule has 94 valence electrons. The molecule has 0 aliphatic heterocycles. The zero-order valence-electron chi connectivity index (χ0n) is 11.3. The molecule has 0 aliphatic rings. The van der Waals surface area contributed by atoms with Crippen LogP contribution in [0, 0.1) is 17.8 Å². The fourth-order valence-corrected chi connectivity index (χ4v) is 2.08. The maximum Gasteiger partial charge on any atom is 0.162 e. The number of allylic oxidation sites excluding steroid dienone is 2. The molecule has 1 N–H and O–H groups in total. The molecule has 0 aromatic heterocycles. The van der Waals surface area contributed by atoms with Crippen LogP contribution in [-0.4, -0.2) is 10.9 Å². The molecule has 1 unspecified atom stereocenters. The average Bonchev–Trinajstić information content (AvgIpc) is 2.19. The summed E-state index contributed by atoms with van der Waals surface area (Å²) in [5.41, 5.74) is 0. The van der Waals surface area contributed by atoms with E-state index in [1.54, 1.807) is 0 Å². The molecule has 0 fully saturated rings. The average molecular weight is 226 g/mol. The highest BCUT2D eigenvalue weighted by Crippen LogP contribution is 2.20. The molecule has 0 bridgehead atoms. The first-order chi connectivity index (χ1) is 7.47. The quantitative estimate of drug-likeness (QED) is 0.524. The minimum Gasteiger partial charge on any atom is -0.512 e. The Hall–Kier alpha value is -0.790. The highest BCUT2D eigenvalue weighted by atomic mass is 16.3. The van der Waals surface area contributed by atoms with Gasteiger partial charge < -0.3 is 5.11 Å². The summed E-state index contributed by atoms with van der Waals surface area (Å²) in [6.07, 6.45) is 4.05. The minimum absolute atomic E-state index is 0.0384. The van der Waals surface area contributed by atoms with Gasteiger partial charge in [-0.1, -0.05) is 34.6 Å². The maximum absolute atomic E-state index is 11.9.